The molecule has 2 aromatic rings. The molecule has 0 saturated carbocycles. The number of aryl methyl sites for hydroxylation is 4. The van der Waals surface area contributed by atoms with E-state index in [-0.39, 0.29) is 17.9 Å². The van der Waals surface area contributed by atoms with Crippen molar-refractivity contribution in [2.24, 2.45) is 0 Å². The zero-order chi connectivity index (χ0) is 21.6. The van der Waals surface area contributed by atoms with Gasteiger partial charge in [-0.25, -0.2) is 13.1 Å². The van der Waals surface area contributed by atoms with Gasteiger partial charge in [0.1, 0.15) is 0 Å². The van der Waals surface area contributed by atoms with E-state index in [9.17, 15) is 18.0 Å². The first-order chi connectivity index (χ1) is 13.6. The van der Waals surface area contributed by atoms with Gasteiger partial charge in [-0.15, -0.1) is 0 Å². The summed E-state index contributed by atoms with van der Waals surface area (Å²) in [7, 11) is -3.72. The van der Waals surface area contributed by atoms with Crippen molar-refractivity contribution < 1.29 is 22.7 Å². The average molecular weight is 419 g/mol. The first kappa shape index (κ1) is 22.6. The normalized spacial score (nSPS) is 11.2. The van der Waals surface area contributed by atoms with Gasteiger partial charge in [-0.05, 0) is 50.5 Å². The van der Waals surface area contributed by atoms with Gasteiger partial charge in [-0.2, -0.15) is 0 Å². The van der Waals surface area contributed by atoms with Crippen molar-refractivity contribution in [2.45, 2.75) is 39.0 Å². The smallest absolute Gasteiger partial charge is 0.307 e. The van der Waals surface area contributed by atoms with Crippen molar-refractivity contribution >= 4 is 27.6 Å². The quantitative estimate of drug-likeness (QED) is 0.642. The number of hydrogen-bond acceptors (Lipinski definition) is 5. The number of amides is 1. The van der Waals surface area contributed by atoms with E-state index in [2.05, 4.69) is 10.0 Å². The molecule has 0 spiro atoms. The molecular formula is C21H26N2O5S. The number of benzene rings is 2. The molecule has 0 unspecified atom stereocenters. The number of hydrogen-bond donors (Lipinski definition) is 2. The molecule has 0 aliphatic rings. The van der Waals surface area contributed by atoms with Gasteiger partial charge in [0.25, 0.3) is 5.91 Å². The minimum absolute atomic E-state index is 0.118. The van der Waals surface area contributed by atoms with E-state index in [1.54, 1.807) is 19.1 Å². The second-order valence-corrected chi connectivity index (χ2v) is 8.63. The molecule has 0 aliphatic carbocycles. The van der Waals surface area contributed by atoms with Crippen LogP contribution >= 0.6 is 0 Å². The number of esters is 1. The Morgan fingerprint density at radius 2 is 1.62 bits per heavy atom. The largest absolute Gasteiger partial charge is 0.456 e. The summed E-state index contributed by atoms with van der Waals surface area (Å²) in [6.07, 6.45) is -0.180. The van der Waals surface area contributed by atoms with E-state index >= 15 is 0 Å². The highest BCUT2D eigenvalue weighted by molar-refractivity contribution is 7.89. The maximum Gasteiger partial charge on any atom is 0.307 e. The fraction of sp³-hybridized carbons (Fsp3) is 0.333. The molecule has 7 nitrogen and oxygen atoms in total. The van der Waals surface area contributed by atoms with Crippen LogP contribution in [-0.2, 0) is 24.3 Å². The molecule has 0 saturated heterocycles. The predicted molar refractivity (Wildman–Crippen MR) is 111 cm³/mol. The molecule has 2 rings (SSSR count). The van der Waals surface area contributed by atoms with Crippen molar-refractivity contribution in [1.82, 2.24) is 4.72 Å². The summed E-state index contributed by atoms with van der Waals surface area (Å²) in [4.78, 5) is 24.0. The van der Waals surface area contributed by atoms with Crippen molar-refractivity contribution in [1.29, 1.82) is 0 Å². The number of anilines is 1. The number of para-hydroxylation sites is 1. The number of nitrogens with one attached hydrogen (secondary N) is 2. The fourth-order valence-electron chi connectivity index (χ4n) is 2.87. The Morgan fingerprint density at radius 1 is 0.966 bits per heavy atom. The molecule has 0 radical (unpaired) electrons. The average Bonchev–Trinajstić information content (AvgIpc) is 2.62. The van der Waals surface area contributed by atoms with Crippen LogP contribution in [0.2, 0.25) is 0 Å². The lowest BCUT2D eigenvalue weighted by Gasteiger charge is -2.12. The molecule has 0 atom stereocenters. The maximum atomic E-state index is 12.4. The first-order valence-electron chi connectivity index (χ1n) is 9.19. The first-order valence-corrected chi connectivity index (χ1v) is 10.7. The van der Waals surface area contributed by atoms with Crippen LogP contribution in [0.25, 0.3) is 0 Å². The molecule has 1 amide bonds. The topological polar surface area (TPSA) is 102 Å². The lowest BCUT2D eigenvalue weighted by atomic mass is 10.1. The van der Waals surface area contributed by atoms with Crippen LogP contribution in [0.3, 0.4) is 0 Å². The molecule has 2 aromatic carbocycles. The van der Waals surface area contributed by atoms with E-state index in [0.29, 0.717) is 11.3 Å². The molecule has 29 heavy (non-hydrogen) atoms. The summed E-state index contributed by atoms with van der Waals surface area (Å²) in [6.45, 7) is 6.78. The fourth-order valence-corrected chi connectivity index (χ4v) is 4.13. The van der Waals surface area contributed by atoms with Crippen LogP contribution < -0.4 is 10.0 Å². The zero-order valence-electron chi connectivity index (χ0n) is 17.0. The van der Waals surface area contributed by atoms with Gasteiger partial charge in [0.15, 0.2) is 6.61 Å². The third kappa shape index (κ3) is 6.40. The summed E-state index contributed by atoms with van der Waals surface area (Å²) in [5.41, 5.74) is 4.10. The number of rotatable bonds is 8. The Morgan fingerprint density at radius 3 is 2.24 bits per heavy atom. The Kier molecular flexibility index (Phi) is 7.53. The molecule has 0 aromatic heterocycles. The van der Waals surface area contributed by atoms with Crippen molar-refractivity contribution in [2.75, 3.05) is 18.5 Å². The third-order valence-corrected chi connectivity index (χ3v) is 5.97. The second-order valence-electron chi connectivity index (χ2n) is 6.89. The monoisotopic (exact) mass is 418 g/mol. The molecule has 8 heteroatoms. The number of ether oxygens (including phenoxy) is 1. The van der Waals surface area contributed by atoms with Gasteiger partial charge in [0.05, 0.1) is 11.3 Å². The van der Waals surface area contributed by atoms with Crippen LogP contribution in [0.4, 0.5) is 5.69 Å². The number of sulfonamides is 1. The highest BCUT2D eigenvalue weighted by Crippen LogP contribution is 2.19. The van der Waals surface area contributed by atoms with Gasteiger partial charge in [0.2, 0.25) is 10.0 Å². The number of carbonyl (C=O) groups is 2. The molecule has 0 fully saturated rings. The van der Waals surface area contributed by atoms with Crippen molar-refractivity contribution in [3.8, 4) is 0 Å². The van der Waals surface area contributed by atoms with Crippen LogP contribution in [0.15, 0.2) is 41.3 Å². The van der Waals surface area contributed by atoms with Crippen LogP contribution in [0.1, 0.15) is 28.7 Å². The molecule has 0 heterocycles. The van der Waals surface area contributed by atoms with Gasteiger partial charge in [-0.1, -0.05) is 35.9 Å². The maximum absolute atomic E-state index is 12.4. The van der Waals surface area contributed by atoms with Crippen LogP contribution in [0, 0.1) is 27.7 Å². The highest BCUT2D eigenvalue weighted by atomic mass is 32.2. The summed E-state index contributed by atoms with van der Waals surface area (Å²) in [5.74, 6) is -1.11. The SMILES string of the molecule is Cc1ccc(S(=O)(=O)NCCC(=O)OCC(=O)Nc2c(C)cccc2C)c(C)c1. The minimum Gasteiger partial charge on any atom is -0.456 e. The summed E-state index contributed by atoms with van der Waals surface area (Å²) < 4.78 is 32.0. The van der Waals surface area contributed by atoms with Crippen LogP contribution in [-0.4, -0.2) is 33.4 Å². The van der Waals surface area contributed by atoms with E-state index in [1.165, 1.54) is 6.07 Å². The van der Waals surface area contributed by atoms with Gasteiger partial charge < -0.3 is 10.1 Å². The van der Waals surface area contributed by atoms with Gasteiger partial charge in [0, 0.05) is 12.2 Å². The summed E-state index contributed by atoms with van der Waals surface area (Å²) >= 11 is 0. The van der Waals surface area contributed by atoms with E-state index in [1.807, 2.05) is 39.0 Å². The Labute approximate surface area is 171 Å². The van der Waals surface area contributed by atoms with E-state index < -0.39 is 28.5 Å². The molecular weight excluding hydrogens is 392 g/mol. The van der Waals surface area contributed by atoms with E-state index in [4.69, 9.17) is 4.74 Å². The van der Waals surface area contributed by atoms with Crippen molar-refractivity contribution in [3.63, 3.8) is 0 Å². The second kappa shape index (κ2) is 9.67. The lowest BCUT2D eigenvalue weighted by molar-refractivity contribution is -0.147. The molecule has 0 bridgehead atoms. The molecule has 2 N–H and O–H groups in total. The molecule has 156 valence electrons. The Bertz CT molecular complexity index is 995. The zero-order valence-corrected chi connectivity index (χ0v) is 17.9. The minimum atomic E-state index is -3.72. The number of carbonyl (C=O) groups excluding carboxylic acids is 2. The van der Waals surface area contributed by atoms with Gasteiger partial charge in [-0.3, -0.25) is 9.59 Å². The summed E-state index contributed by atoms with van der Waals surface area (Å²) in [6, 6.07) is 10.7. The van der Waals surface area contributed by atoms with Crippen LogP contribution in [0.5, 0.6) is 0 Å². The molecule has 0 aliphatic heterocycles. The summed E-state index contributed by atoms with van der Waals surface area (Å²) in [5, 5.41) is 2.72. The Hall–Kier alpha value is -2.71. The van der Waals surface area contributed by atoms with Crippen molar-refractivity contribution in [3.05, 3.63) is 58.7 Å². The Balaban J connectivity index is 1.80. The predicted octanol–water partition coefficient (Wildman–Crippen LogP) is 2.77. The standard InChI is InChI=1S/C21H26N2O5S/c1-14-8-9-18(17(4)12-14)29(26,27)22-11-10-20(25)28-13-19(24)23-21-15(2)6-5-7-16(21)3/h5-9,12,22H,10-11,13H2,1-4H3,(H,23,24). The highest BCUT2D eigenvalue weighted by Gasteiger charge is 2.17. The third-order valence-electron chi connectivity index (χ3n) is 4.35. The lowest BCUT2D eigenvalue weighted by Crippen LogP contribution is -2.28. The van der Waals surface area contributed by atoms with E-state index in [0.717, 1.165) is 16.7 Å². The van der Waals surface area contributed by atoms with Gasteiger partial charge >= 0.3 is 5.97 Å².